The van der Waals surface area contributed by atoms with Gasteiger partial charge in [0.1, 0.15) is 5.54 Å². The molecule has 2 unspecified atom stereocenters. The van der Waals surface area contributed by atoms with E-state index in [1.807, 2.05) is 6.92 Å². The number of carboxylic acid groups (broad SMARTS) is 1. The molecule has 0 aromatic rings. The summed E-state index contributed by atoms with van der Waals surface area (Å²) in [5, 5.41) is 8.88. The Kier molecular flexibility index (Phi) is 4.74. The second-order valence-corrected chi connectivity index (χ2v) is 7.55. The van der Waals surface area contributed by atoms with E-state index in [0.717, 1.165) is 0 Å². The molecule has 7 heteroatoms. The second kappa shape index (κ2) is 5.54. The molecule has 1 aliphatic heterocycles. The van der Waals surface area contributed by atoms with Gasteiger partial charge < -0.3 is 10.8 Å². The zero-order chi connectivity index (χ0) is 14.0. The van der Waals surface area contributed by atoms with E-state index in [0.29, 0.717) is 25.9 Å². The van der Waals surface area contributed by atoms with Crippen molar-refractivity contribution in [3.8, 4) is 0 Å². The molecule has 1 saturated heterocycles. The Balaban J connectivity index is 2.39. The Bertz CT molecular complexity index is 405. The first-order chi connectivity index (χ1) is 8.14. The van der Waals surface area contributed by atoms with Crippen molar-refractivity contribution in [3.63, 3.8) is 0 Å². The Morgan fingerprint density at radius 3 is 2.67 bits per heavy atom. The van der Waals surface area contributed by atoms with E-state index in [4.69, 9.17) is 10.8 Å². The van der Waals surface area contributed by atoms with Gasteiger partial charge in [0.05, 0.1) is 11.5 Å². The van der Waals surface area contributed by atoms with E-state index in [2.05, 4.69) is 4.90 Å². The lowest BCUT2D eigenvalue weighted by Gasteiger charge is -2.33. The Morgan fingerprint density at radius 2 is 2.17 bits per heavy atom. The summed E-state index contributed by atoms with van der Waals surface area (Å²) in [5.41, 5.74) is 4.44. The minimum absolute atomic E-state index is 0.00221. The van der Waals surface area contributed by atoms with E-state index >= 15 is 0 Å². The first kappa shape index (κ1) is 15.4. The molecule has 0 spiro atoms. The molecule has 6 nitrogen and oxygen atoms in total. The van der Waals surface area contributed by atoms with Gasteiger partial charge in [-0.2, -0.15) is 0 Å². The summed E-state index contributed by atoms with van der Waals surface area (Å²) < 4.78 is 22.8. The van der Waals surface area contributed by atoms with Crippen molar-refractivity contribution in [3.05, 3.63) is 0 Å². The standard InChI is InChI=1S/C11H22N2O4S/c1-9-8-18(16,17)7-6-13(9)5-3-4-11(2,12)10(14)15/h9H,3-8,12H2,1-2H3,(H,14,15). The summed E-state index contributed by atoms with van der Waals surface area (Å²) >= 11 is 0. The lowest BCUT2D eigenvalue weighted by molar-refractivity contribution is -0.142. The molecule has 0 saturated carbocycles. The number of rotatable bonds is 5. The van der Waals surface area contributed by atoms with E-state index in [9.17, 15) is 13.2 Å². The predicted octanol–water partition coefficient (Wildman–Crippen LogP) is -0.312. The summed E-state index contributed by atoms with van der Waals surface area (Å²) in [6, 6.07) is -0.00221. The van der Waals surface area contributed by atoms with Crippen molar-refractivity contribution in [2.24, 2.45) is 5.73 Å². The van der Waals surface area contributed by atoms with Crippen LogP contribution in [0, 0.1) is 0 Å². The fraction of sp³-hybridized carbons (Fsp3) is 0.909. The average molecular weight is 278 g/mol. The molecule has 1 rings (SSSR count). The molecular formula is C11H22N2O4S. The third-order valence-electron chi connectivity index (χ3n) is 3.44. The molecule has 2 atom stereocenters. The van der Waals surface area contributed by atoms with Crippen molar-refractivity contribution in [1.29, 1.82) is 0 Å². The van der Waals surface area contributed by atoms with Gasteiger partial charge in [-0.25, -0.2) is 8.42 Å². The van der Waals surface area contributed by atoms with Crippen LogP contribution in [0.3, 0.4) is 0 Å². The van der Waals surface area contributed by atoms with Gasteiger partial charge in [0, 0.05) is 12.6 Å². The van der Waals surface area contributed by atoms with E-state index in [1.54, 1.807) is 0 Å². The van der Waals surface area contributed by atoms with Crippen LogP contribution in [-0.4, -0.2) is 60.6 Å². The van der Waals surface area contributed by atoms with Crippen LogP contribution in [-0.2, 0) is 14.6 Å². The number of carbonyl (C=O) groups is 1. The number of hydrogen-bond acceptors (Lipinski definition) is 5. The summed E-state index contributed by atoms with van der Waals surface area (Å²) in [7, 11) is -2.89. The zero-order valence-electron chi connectivity index (χ0n) is 10.9. The van der Waals surface area contributed by atoms with Crippen LogP contribution in [0.1, 0.15) is 26.7 Å². The van der Waals surface area contributed by atoms with Crippen LogP contribution >= 0.6 is 0 Å². The Labute approximate surface area is 108 Å². The van der Waals surface area contributed by atoms with Gasteiger partial charge in [-0.15, -0.1) is 0 Å². The van der Waals surface area contributed by atoms with Crippen molar-refractivity contribution < 1.29 is 18.3 Å². The highest BCUT2D eigenvalue weighted by atomic mass is 32.2. The second-order valence-electron chi connectivity index (χ2n) is 5.33. The van der Waals surface area contributed by atoms with Crippen molar-refractivity contribution in [1.82, 2.24) is 4.90 Å². The minimum atomic E-state index is -2.89. The first-order valence-corrected chi connectivity index (χ1v) is 7.93. The van der Waals surface area contributed by atoms with Gasteiger partial charge in [-0.1, -0.05) is 0 Å². The van der Waals surface area contributed by atoms with E-state index in [-0.39, 0.29) is 17.5 Å². The first-order valence-electron chi connectivity index (χ1n) is 6.11. The number of aliphatic carboxylic acids is 1. The molecule has 0 aromatic carbocycles. The number of hydrogen-bond donors (Lipinski definition) is 2. The van der Waals surface area contributed by atoms with Crippen LogP contribution < -0.4 is 5.73 Å². The highest BCUT2D eigenvalue weighted by molar-refractivity contribution is 7.91. The lowest BCUT2D eigenvalue weighted by Crippen LogP contribution is -2.48. The summed E-state index contributed by atoms with van der Waals surface area (Å²) in [6.07, 6.45) is 1.04. The number of sulfone groups is 1. The molecule has 0 aromatic heterocycles. The van der Waals surface area contributed by atoms with Gasteiger partial charge in [-0.3, -0.25) is 9.69 Å². The number of nitrogens with zero attached hydrogens (tertiary/aromatic N) is 1. The summed E-state index contributed by atoms with van der Waals surface area (Å²) in [4.78, 5) is 12.9. The van der Waals surface area contributed by atoms with Gasteiger partial charge in [0.25, 0.3) is 0 Å². The highest BCUT2D eigenvalue weighted by Crippen LogP contribution is 2.15. The molecular weight excluding hydrogens is 256 g/mol. The maximum Gasteiger partial charge on any atom is 0.323 e. The Morgan fingerprint density at radius 1 is 1.56 bits per heavy atom. The van der Waals surface area contributed by atoms with Gasteiger partial charge in [0.2, 0.25) is 0 Å². The molecule has 1 heterocycles. The monoisotopic (exact) mass is 278 g/mol. The summed E-state index contributed by atoms with van der Waals surface area (Å²) in [6.45, 7) is 4.60. The van der Waals surface area contributed by atoms with Gasteiger partial charge >= 0.3 is 5.97 Å². The highest BCUT2D eigenvalue weighted by Gasteiger charge is 2.30. The third-order valence-corrected chi connectivity index (χ3v) is 5.23. The molecule has 0 bridgehead atoms. The normalized spacial score (nSPS) is 27.6. The topological polar surface area (TPSA) is 101 Å². The van der Waals surface area contributed by atoms with Crippen molar-refractivity contribution in [2.45, 2.75) is 38.3 Å². The molecule has 0 aliphatic carbocycles. The average Bonchev–Trinajstić information content (AvgIpc) is 2.20. The molecule has 1 fully saturated rings. The van der Waals surface area contributed by atoms with Gasteiger partial charge in [-0.05, 0) is 33.2 Å². The fourth-order valence-electron chi connectivity index (χ4n) is 2.12. The number of carboxylic acids is 1. The summed E-state index contributed by atoms with van der Waals surface area (Å²) in [5.74, 6) is -0.626. The zero-order valence-corrected chi connectivity index (χ0v) is 11.7. The maximum atomic E-state index is 11.4. The van der Waals surface area contributed by atoms with Crippen LogP contribution in [0.2, 0.25) is 0 Å². The molecule has 1 aliphatic rings. The van der Waals surface area contributed by atoms with Gasteiger partial charge in [0.15, 0.2) is 9.84 Å². The minimum Gasteiger partial charge on any atom is -0.480 e. The van der Waals surface area contributed by atoms with Crippen LogP contribution in [0.4, 0.5) is 0 Å². The predicted molar refractivity (Wildman–Crippen MR) is 69.2 cm³/mol. The number of nitrogens with two attached hydrogens (primary N) is 1. The van der Waals surface area contributed by atoms with Crippen LogP contribution in [0.25, 0.3) is 0 Å². The quantitative estimate of drug-likeness (QED) is 0.715. The molecule has 0 radical (unpaired) electrons. The molecule has 3 N–H and O–H groups in total. The molecule has 0 amide bonds. The largest absolute Gasteiger partial charge is 0.480 e. The molecule has 106 valence electrons. The van der Waals surface area contributed by atoms with Crippen LogP contribution in [0.15, 0.2) is 0 Å². The SMILES string of the molecule is CC1CS(=O)(=O)CCN1CCCC(C)(N)C(=O)O. The van der Waals surface area contributed by atoms with Crippen molar-refractivity contribution in [2.75, 3.05) is 24.6 Å². The van der Waals surface area contributed by atoms with E-state index < -0.39 is 21.3 Å². The fourth-order valence-corrected chi connectivity index (χ4v) is 3.75. The smallest absolute Gasteiger partial charge is 0.323 e. The van der Waals surface area contributed by atoms with Crippen molar-refractivity contribution >= 4 is 15.8 Å². The Hall–Kier alpha value is -0.660. The maximum absolute atomic E-state index is 11.4. The third kappa shape index (κ3) is 4.22. The lowest BCUT2D eigenvalue weighted by atomic mass is 9.97. The molecule has 18 heavy (non-hydrogen) atoms. The van der Waals surface area contributed by atoms with Crippen LogP contribution in [0.5, 0.6) is 0 Å². The van der Waals surface area contributed by atoms with E-state index in [1.165, 1.54) is 6.92 Å².